The molecule has 1 aliphatic rings. The van der Waals surface area contributed by atoms with Crippen molar-refractivity contribution >= 4 is 23.8 Å². The molecule has 1 heterocycles. The van der Waals surface area contributed by atoms with Gasteiger partial charge in [-0.25, -0.2) is 9.89 Å². The van der Waals surface area contributed by atoms with Crippen molar-refractivity contribution in [2.75, 3.05) is 11.9 Å². The third kappa shape index (κ3) is 4.90. The van der Waals surface area contributed by atoms with E-state index in [1.807, 2.05) is 48.5 Å². The van der Waals surface area contributed by atoms with Gasteiger partial charge in [-0.05, 0) is 28.3 Å². The summed E-state index contributed by atoms with van der Waals surface area (Å²) in [6.07, 6.45) is -1.59. The lowest BCUT2D eigenvalue weighted by Crippen LogP contribution is -2.45. The van der Waals surface area contributed by atoms with Crippen LogP contribution in [0.1, 0.15) is 23.5 Å². The number of ether oxygens (including phenoxy) is 1. The summed E-state index contributed by atoms with van der Waals surface area (Å²) < 4.78 is 5.38. The number of carbonyl (C=O) groups is 3. The Morgan fingerprint density at radius 1 is 1.00 bits per heavy atom. The second kappa shape index (κ2) is 9.35. The molecule has 0 aliphatic heterocycles. The maximum atomic E-state index is 12.5. The average Bonchev–Trinajstić information content (AvgIpc) is 3.12. The van der Waals surface area contributed by atoms with Gasteiger partial charge in [0.15, 0.2) is 5.82 Å². The van der Waals surface area contributed by atoms with Gasteiger partial charge in [0, 0.05) is 12.0 Å². The molecule has 1 aromatic heterocycles. The van der Waals surface area contributed by atoms with Crippen LogP contribution in [0.3, 0.4) is 0 Å². The van der Waals surface area contributed by atoms with Crippen LogP contribution in [0.2, 0.25) is 0 Å². The fourth-order valence-corrected chi connectivity index (χ4v) is 3.79. The summed E-state index contributed by atoms with van der Waals surface area (Å²) >= 11 is 0. The van der Waals surface area contributed by atoms with Crippen LogP contribution >= 0.6 is 0 Å². The summed E-state index contributed by atoms with van der Waals surface area (Å²) in [5.41, 5.74) is 3.72. The zero-order valence-corrected chi connectivity index (χ0v) is 17.3. The molecule has 3 aromatic rings. The fourth-order valence-electron chi connectivity index (χ4n) is 3.79. The van der Waals surface area contributed by atoms with Crippen molar-refractivity contribution in [1.29, 1.82) is 0 Å². The van der Waals surface area contributed by atoms with Crippen molar-refractivity contribution < 1.29 is 24.2 Å². The Bertz CT molecular complexity index is 1210. The SMILES string of the molecule is O=C(O)CC(NC(=O)OCC1c2ccccc2-c2ccccc21)C(=O)Nc1ccc(=O)[nH]n1. The Balaban J connectivity index is 1.43. The number of alkyl carbamates (subject to hydrolysis) is 1. The first kappa shape index (κ1) is 21.8. The molecule has 0 spiro atoms. The van der Waals surface area contributed by atoms with Crippen molar-refractivity contribution in [3.8, 4) is 11.1 Å². The summed E-state index contributed by atoms with van der Waals surface area (Å²) in [6, 6.07) is 16.7. The van der Waals surface area contributed by atoms with Crippen LogP contribution in [0.4, 0.5) is 10.6 Å². The normalized spacial score (nSPS) is 12.8. The molecule has 0 radical (unpaired) electrons. The van der Waals surface area contributed by atoms with E-state index < -0.39 is 36.0 Å². The molecule has 10 heteroatoms. The quantitative estimate of drug-likeness (QED) is 0.432. The largest absolute Gasteiger partial charge is 0.481 e. The molecule has 0 saturated carbocycles. The molecule has 4 N–H and O–H groups in total. The van der Waals surface area contributed by atoms with E-state index in [4.69, 9.17) is 9.84 Å². The summed E-state index contributed by atoms with van der Waals surface area (Å²) in [5.74, 6) is -2.28. The third-order valence-corrected chi connectivity index (χ3v) is 5.26. The van der Waals surface area contributed by atoms with E-state index in [-0.39, 0.29) is 18.3 Å². The van der Waals surface area contributed by atoms with Gasteiger partial charge in [0.1, 0.15) is 12.6 Å². The van der Waals surface area contributed by atoms with Crippen molar-refractivity contribution in [2.45, 2.75) is 18.4 Å². The minimum absolute atomic E-state index is 0.00401. The van der Waals surface area contributed by atoms with Gasteiger partial charge in [0.25, 0.3) is 5.56 Å². The number of hydrogen-bond acceptors (Lipinski definition) is 6. The Labute approximate surface area is 187 Å². The Morgan fingerprint density at radius 3 is 2.21 bits per heavy atom. The predicted octanol–water partition coefficient (Wildman–Crippen LogP) is 2.09. The van der Waals surface area contributed by atoms with Gasteiger partial charge < -0.3 is 20.5 Å². The van der Waals surface area contributed by atoms with Crippen molar-refractivity contribution in [3.63, 3.8) is 0 Å². The summed E-state index contributed by atoms with van der Waals surface area (Å²) in [6.45, 7) is 0.0166. The van der Waals surface area contributed by atoms with Crippen molar-refractivity contribution in [2.24, 2.45) is 0 Å². The number of aliphatic carboxylic acids is 1. The van der Waals surface area contributed by atoms with Gasteiger partial charge in [-0.3, -0.25) is 14.4 Å². The summed E-state index contributed by atoms with van der Waals surface area (Å²) in [7, 11) is 0. The number of hydrogen-bond donors (Lipinski definition) is 4. The van der Waals surface area contributed by atoms with Gasteiger partial charge in [-0.15, -0.1) is 0 Å². The maximum Gasteiger partial charge on any atom is 0.407 e. The van der Waals surface area contributed by atoms with E-state index in [1.54, 1.807) is 0 Å². The standard InChI is InChI=1S/C23H20N4O6/c28-20-10-9-19(26-27-20)25-22(31)18(11-21(29)30)24-23(32)33-12-17-15-7-3-1-5-13(15)14-6-2-4-8-16(14)17/h1-10,17-18H,11-12H2,(H,24,32)(H,27,28)(H,29,30)(H,25,26,31). The molecule has 10 nitrogen and oxygen atoms in total. The molecule has 0 fully saturated rings. The number of rotatable bonds is 7. The molecule has 0 saturated heterocycles. The smallest absolute Gasteiger partial charge is 0.407 e. The highest BCUT2D eigenvalue weighted by Gasteiger charge is 2.30. The molecule has 2 amide bonds. The van der Waals surface area contributed by atoms with E-state index >= 15 is 0 Å². The van der Waals surface area contributed by atoms with Gasteiger partial charge >= 0.3 is 12.1 Å². The maximum absolute atomic E-state index is 12.5. The van der Waals surface area contributed by atoms with E-state index in [1.165, 1.54) is 6.07 Å². The lowest BCUT2D eigenvalue weighted by atomic mass is 9.98. The lowest BCUT2D eigenvalue weighted by molar-refractivity contribution is -0.139. The molecular weight excluding hydrogens is 428 g/mol. The zero-order chi connectivity index (χ0) is 23.4. The molecule has 33 heavy (non-hydrogen) atoms. The van der Waals surface area contributed by atoms with Crippen LogP contribution in [-0.4, -0.2) is 45.9 Å². The number of aromatic nitrogens is 2. The van der Waals surface area contributed by atoms with Crippen molar-refractivity contribution in [1.82, 2.24) is 15.5 Å². The topological polar surface area (TPSA) is 150 Å². The third-order valence-electron chi connectivity index (χ3n) is 5.26. The number of carboxylic acids is 1. The highest BCUT2D eigenvalue weighted by atomic mass is 16.5. The first-order valence-corrected chi connectivity index (χ1v) is 10.1. The Kier molecular flexibility index (Phi) is 6.16. The monoisotopic (exact) mass is 448 g/mol. The molecule has 1 unspecified atom stereocenters. The summed E-state index contributed by atoms with van der Waals surface area (Å²) in [4.78, 5) is 47.2. The van der Waals surface area contributed by atoms with Gasteiger partial charge in [-0.1, -0.05) is 48.5 Å². The molecule has 2 aromatic carbocycles. The highest BCUT2D eigenvalue weighted by Crippen LogP contribution is 2.44. The molecule has 1 atom stereocenters. The molecule has 4 rings (SSSR count). The van der Waals surface area contributed by atoms with Gasteiger partial charge in [0.05, 0.1) is 6.42 Å². The van der Waals surface area contributed by atoms with Gasteiger partial charge in [0.2, 0.25) is 5.91 Å². The zero-order valence-electron chi connectivity index (χ0n) is 17.3. The highest BCUT2D eigenvalue weighted by molar-refractivity contribution is 5.97. The minimum atomic E-state index is -1.41. The van der Waals surface area contributed by atoms with Crippen LogP contribution < -0.4 is 16.2 Å². The molecular formula is C23H20N4O6. The van der Waals surface area contributed by atoms with Crippen LogP contribution in [0.25, 0.3) is 11.1 Å². The Morgan fingerprint density at radius 2 is 1.64 bits per heavy atom. The Hall–Kier alpha value is -4.47. The van der Waals surface area contributed by atoms with Crippen molar-refractivity contribution in [3.05, 3.63) is 82.1 Å². The number of nitrogens with zero attached hydrogens (tertiary/aromatic N) is 1. The number of carboxylic acid groups (broad SMARTS) is 1. The van der Waals surface area contributed by atoms with Crippen LogP contribution in [-0.2, 0) is 14.3 Å². The van der Waals surface area contributed by atoms with E-state index in [0.717, 1.165) is 28.3 Å². The first-order valence-electron chi connectivity index (χ1n) is 10.1. The van der Waals surface area contributed by atoms with E-state index in [2.05, 4.69) is 20.8 Å². The van der Waals surface area contributed by atoms with Gasteiger partial charge in [-0.2, -0.15) is 5.10 Å². The fraction of sp³-hybridized carbons (Fsp3) is 0.174. The van der Waals surface area contributed by atoms with Crippen LogP contribution in [0.5, 0.6) is 0 Å². The predicted molar refractivity (Wildman–Crippen MR) is 118 cm³/mol. The molecule has 1 aliphatic carbocycles. The number of amides is 2. The number of carbonyl (C=O) groups excluding carboxylic acids is 2. The number of benzene rings is 2. The molecule has 0 bridgehead atoms. The lowest BCUT2D eigenvalue weighted by Gasteiger charge is -2.18. The van der Waals surface area contributed by atoms with E-state index in [9.17, 15) is 19.2 Å². The number of aromatic amines is 1. The number of fused-ring (bicyclic) bond motifs is 3. The second-order valence-electron chi connectivity index (χ2n) is 7.42. The second-order valence-corrected chi connectivity index (χ2v) is 7.42. The first-order chi connectivity index (χ1) is 15.9. The van der Waals surface area contributed by atoms with Crippen LogP contribution in [0.15, 0.2) is 65.5 Å². The van der Waals surface area contributed by atoms with E-state index in [0.29, 0.717) is 0 Å². The average molecular weight is 448 g/mol. The minimum Gasteiger partial charge on any atom is -0.481 e. The summed E-state index contributed by atoms with van der Waals surface area (Å²) in [5, 5.41) is 19.6. The number of H-pyrrole nitrogens is 1. The number of nitrogens with one attached hydrogen (secondary N) is 3. The van der Waals surface area contributed by atoms with Crippen LogP contribution in [0, 0.1) is 0 Å². The molecule has 168 valence electrons. The number of anilines is 1.